The molecule has 0 amide bonds. The van der Waals surface area contributed by atoms with E-state index in [4.69, 9.17) is 26.3 Å². The number of piperazine rings is 1. The molecule has 0 unspecified atom stereocenters. The van der Waals surface area contributed by atoms with Crippen LogP contribution in [0.4, 0.5) is 10.2 Å². The van der Waals surface area contributed by atoms with Crippen LogP contribution in [-0.4, -0.2) is 65.3 Å². The van der Waals surface area contributed by atoms with Crippen molar-refractivity contribution in [2.24, 2.45) is 0 Å². The Morgan fingerprint density at radius 2 is 1.85 bits per heavy atom. The topological polar surface area (TPSA) is 53.5 Å². The fourth-order valence-electron chi connectivity index (χ4n) is 7.51. The summed E-state index contributed by atoms with van der Waals surface area (Å²) in [5.74, 6) is 0.430. The predicted molar refractivity (Wildman–Crippen MR) is 156 cm³/mol. The zero-order valence-corrected chi connectivity index (χ0v) is 23.3. The van der Waals surface area contributed by atoms with Crippen molar-refractivity contribution >= 4 is 49.7 Å². The van der Waals surface area contributed by atoms with Gasteiger partial charge in [-0.25, -0.2) is 4.39 Å². The number of thiophene rings is 1. The highest BCUT2D eigenvalue weighted by Crippen LogP contribution is 2.43. The van der Waals surface area contributed by atoms with Gasteiger partial charge in [0.25, 0.3) is 0 Å². The van der Waals surface area contributed by atoms with E-state index in [0.29, 0.717) is 34.8 Å². The molecule has 39 heavy (non-hydrogen) atoms. The fourth-order valence-corrected chi connectivity index (χ4v) is 8.83. The number of rotatable bonds is 5. The number of nitrogens with one attached hydrogen (secondary N) is 1. The molecule has 0 saturated carbocycles. The van der Waals surface area contributed by atoms with Crippen LogP contribution >= 0.6 is 22.9 Å². The quantitative estimate of drug-likeness (QED) is 0.310. The maximum atomic E-state index is 16.5. The number of benzene rings is 2. The molecule has 4 aliphatic rings. The maximum absolute atomic E-state index is 16.5. The molecule has 4 aromatic rings. The van der Waals surface area contributed by atoms with Gasteiger partial charge in [-0.2, -0.15) is 9.97 Å². The molecule has 6 nitrogen and oxygen atoms in total. The number of anilines is 1. The van der Waals surface area contributed by atoms with Crippen LogP contribution in [0.25, 0.3) is 32.1 Å². The average Bonchev–Trinajstić information content (AvgIpc) is 3.71. The molecule has 0 radical (unpaired) electrons. The summed E-state index contributed by atoms with van der Waals surface area (Å²) in [6.07, 6.45) is 7.00. The molecule has 2 bridgehead atoms. The van der Waals surface area contributed by atoms with Crippen LogP contribution in [-0.2, 0) is 0 Å². The molecule has 4 aliphatic heterocycles. The number of aromatic nitrogens is 2. The Bertz CT molecular complexity index is 1570. The standard InChI is InChI=1S/C30H31ClFN5OS/c31-23-4-1-5-24-25(23)22(16-39-24)20-8-9-21-27(26(20)32)34-29(38-17-30-10-2-12-37(30)13-3-11-30)35-28(21)36-14-18-6-7-19(15-36)33-18/h1,4-5,8-9,16,18-19,33H,2-3,6-7,10-15,17H2/t18-,19+. The summed E-state index contributed by atoms with van der Waals surface area (Å²) in [6.45, 7) is 4.52. The minimum Gasteiger partial charge on any atom is -0.461 e. The molecule has 8 rings (SSSR count). The van der Waals surface area contributed by atoms with Gasteiger partial charge in [-0.05, 0) is 75.2 Å². The zero-order valence-electron chi connectivity index (χ0n) is 21.8. The molecule has 1 N–H and O–H groups in total. The van der Waals surface area contributed by atoms with Crippen molar-refractivity contribution in [1.29, 1.82) is 0 Å². The Kier molecular flexibility index (Phi) is 5.77. The summed E-state index contributed by atoms with van der Waals surface area (Å²) in [7, 11) is 0. The Morgan fingerprint density at radius 3 is 2.64 bits per heavy atom. The number of hydrogen-bond acceptors (Lipinski definition) is 7. The lowest BCUT2D eigenvalue weighted by Crippen LogP contribution is -2.51. The van der Waals surface area contributed by atoms with Gasteiger partial charge in [0, 0.05) is 56.8 Å². The van der Waals surface area contributed by atoms with Crippen LogP contribution in [0.3, 0.4) is 0 Å². The van der Waals surface area contributed by atoms with E-state index in [0.717, 1.165) is 78.7 Å². The number of halogens is 2. The smallest absolute Gasteiger partial charge is 0.319 e. The SMILES string of the molecule is Fc1c(-c2csc3cccc(Cl)c23)ccc2c(N3C[C@H]4CC[C@@H](C3)N4)nc(OCC34CCCN3CCC4)nc12. The predicted octanol–water partition coefficient (Wildman–Crippen LogP) is 6.25. The number of nitrogens with zero attached hydrogens (tertiary/aromatic N) is 4. The first-order valence-corrected chi connectivity index (χ1v) is 15.4. The molecule has 0 spiro atoms. The monoisotopic (exact) mass is 563 g/mol. The molecular weight excluding hydrogens is 533 g/mol. The number of fused-ring (bicyclic) bond motifs is 5. The van der Waals surface area contributed by atoms with Gasteiger partial charge in [0.1, 0.15) is 17.9 Å². The minimum absolute atomic E-state index is 0.0688. The van der Waals surface area contributed by atoms with Gasteiger partial charge in [0.2, 0.25) is 0 Å². The Labute approximate surface area is 236 Å². The lowest BCUT2D eigenvalue weighted by molar-refractivity contribution is 0.108. The lowest BCUT2D eigenvalue weighted by Gasteiger charge is -2.34. The van der Waals surface area contributed by atoms with Crippen molar-refractivity contribution in [3.63, 3.8) is 0 Å². The van der Waals surface area contributed by atoms with E-state index in [-0.39, 0.29) is 17.4 Å². The van der Waals surface area contributed by atoms with Crippen molar-refractivity contribution in [3.05, 3.63) is 46.6 Å². The third kappa shape index (κ3) is 3.94. The van der Waals surface area contributed by atoms with Crippen molar-refractivity contribution in [2.45, 2.75) is 56.1 Å². The molecule has 0 aliphatic carbocycles. The van der Waals surface area contributed by atoms with Gasteiger partial charge < -0.3 is 15.0 Å². The van der Waals surface area contributed by atoms with Gasteiger partial charge in [0.05, 0.1) is 5.54 Å². The van der Waals surface area contributed by atoms with Gasteiger partial charge >= 0.3 is 6.01 Å². The van der Waals surface area contributed by atoms with Crippen LogP contribution in [0.15, 0.2) is 35.7 Å². The highest BCUT2D eigenvalue weighted by Gasteiger charge is 2.45. The van der Waals surface area contributed by atoms with Crippen molar-refractivity contribution in [2.75, 3.05) is 37.7 Å². The molecule has 6 heterocycles. The number of hydrogen-bond donors (Lipinski definition) is 1. The molecular formula is C30H31ClFN5OS. The van der Waals surface area contributed by atoms with Crippen LogP contribution in [0.2, 0.25) is 5.02 Å². The van der Waals surface area contributed by atoms with Gasteiger partial charge in [-0.15, -0.1) is 11.3 Å². The first-order chi connectivity index (χ1) is 19.1. The van der Waals surface area contributed by atoms with Gasteiger partial charge in [0.15, 0.2) is 5.82 Å². The number of ether oxygens (including phenoxy) is 1. The third-order valence-electron chi connectivity index (χ3n) is 9.40. The van der Waals surface area contributed by atoms with E-state index in [1.807, 2.05) is 35.7 Å². The molecule has 2 aromatic heterocycles. The summed E-state index contributed by atoms with van der Waals surface area (Å²) < 4.78 is 23.9. The second-order valence-electron chi connectivity index (χ2n) is 11.7. The summed E-state index contributed by atoms with van der Waals surface area (Å²) in [4.78, 5) is 14.6. The van der Waals surface area contributed by atoms with Gasteiger partial charge in [-0.3, -0.25) is 4.90 Å². The largest absolute Gasteiger partial charge is 0.461 e. The average molecular weight is 564 g/mol. The Balaban J connectivity index is 1.24. The normalized spacial score (nSPS) is 24.2. The molecule has 9 heteroatoms. The Hall–Kier alpha value is -2.52. The highest BCUT2D eigenvalue weighted by molar-refractivity contribution is 7.17. The molecule has 4 saturated heterocycles. The van der Waals surface area contributed by atoms with Crippen LogP contribution in [0, 0.1) is 5.82 Å². The summed E-state index contributed by atoms with van der Waals surface area (Å²) in [5, 5.41) is 7.93. The molecule has 2 aromatic carbocycles. The van der Waals surface area contributed by atoms with Crippen molar-refractivity contribution < 1.29 is 9.13 Å². The molecule has 4 fully saturated rings. The molecule has 2 atom stereocenters. The summed E-state index contributed by atoms with van der Waals surface area (Å²) >= 11 is 8.15. The van der Waals surface area contributed by atoms with Gasteiger partial charge in [-0.1, -0.05) is 23.7 Å². The second kappa shape index (κ2) is 9.26. The summed E-state index contributed by atoms with van der Waals surface area (Å²) in [6, 6.07) is 10.8. The van der Waals surface area contributed by atoms with Crippen molar-refractivity contribution in [3.8, 4) is 17.1 Å². The zero-order chi connectivity index (χ0) is 26.1. The van der Waals surface area contributed by atoms with E-state index in [1.165, 1.54) is 12.8 Å². The van der Waals surface area contributed by atoms with Crippen molar-refractivity contribution in [1.82, 2.24) is 20.2 Å². The van der Waals surface area contributed by atoms with Crippen LogP contribution in [0.1, 0.15) is 38.5 Å². The highest BCUT2D eigenvalue weighted by atomic mass is 35.5. The Morgan fingerprint density at radius 1 is 1.05 bits per heavy atom. The first-order valence-electron chi connectivity index (χ1n) is 14.1. The van der Waals surface area contributed by atoms with E-state index < -0.39 is 0 Å². The summed E-state index contributed by atoms with van der Waals surface area (Å²) in [5.41, 5.74) is 1.69. The lowest BCUT2D eigenvalue weighted by atomic mass is 9.95. The van der Waals surface area contributed by atoms with Crippen LogP contribution < -0.4 is 15.0 Å². The second-order valence-corrected chi connectivity index (χ2v) is 13.0. The minimum atomic E-state index is -0.347. The third-order valence-corrected chi connectivity index (χ3v) is 10.7. The van der Waals surface area contributed by atoms with E-state index in [9.17, 15) is 0 Å². The fraction of sp³-hybridized carbons (Fsp3) is 0.467. The molecule has 202 valence electrons. The van der Waals surface area contributed by atoms with E-state index >= 15 is 4.39 Å². The maximum Gasteiger partial charge on any atom is 0.319 e. The van der Waals surface area contributed by atoms with E-state index in [2.05, 4.69) is 15.1 Å². The first kappa shape index (κ1) is 24.3. The van der Waals surface area contributed by atoms with Crippen LogP contribution in [0.5, 0.6) is 6.01 Å². The van der Waals surface area contributed by atoms with E-state index in [1.54, 1.807) is 11.3 Å².